The molecule has 2 aromatic carbocycles. The average molecular weight is 501 g/mol. The molecule has 6 nitrogen and oxygen atoms in total. The van der Waals surface area contributed by atoms with Crippen LogP contribution in [0.1, 0.15) is 75.1 Å². The van der Waals surface area contributed by atoms with Gasteiger partial charge in [0.2, 0.25) is 21.6 Å². The molecule has 0 amide bonds. The molecule has 0 saturated carbocycles. The van der Waals surface area contributed by atoms with Crippen molar-refractivity contribution in [3.63, 3.8) is 0 Å². The second-order valence-electron chi connectivity index (χ2n) is 9.33. The van der Waals surface area contributed by atoms with Gasteiger partial charge in [-0.1, -0.05) is 75.4 Å². The van der Waals surface area contributed by atoms with Crippen LogP contribution in [0.3, 0.4) is 0 Å². The number of rotatable bonds is 17. The molecule has 0 heterocycles. The van der Waals surface area contributed by atoms with E-state index < -0.39 is 21.6 Å². The van der Waals surface area contributed by atoms with Gasteiger partial charge >= 0.3 is 0 Å². The summed E-state index contributed by atoms with van der Waals surface area (Å²) in [6.45, 7) is 2.99. The number of hydrogen-bond donors (Lipinski definition) is 1. The van der Waals surface area contributed by atoms with Crippen molar-refractivity contribution in [1.82, 2.24) is 4.90 Å². The number of benzene rings is 2. The number of carbonyl (C=O) groups is 2. The number of ketones is 2. The Bertz CT molecular complexity index is 1050. The van der Waals surface area contributed by atoms with E-state index in [-0.39, 0.29) is 23.4 Å². The van der Waals surface area contributed by atoms with Crippen molar-refractivity contribution in [2.24, 2.45) is 0 Å². The maximum absolute atomic E-state index is 13.1. The third-order valence-electron chi connectivity index (χ3n) is 5.92. The number of sulfonamides is 1. The van der Waals surface area contributed by atoms with Crippen LogP contribution in [0.25, 0.3) is 11.1 Å². The van der Waals surface area contributed by atoms with Crippen molar-refractivity contribution in [2.75, 3.05) is 31.1 Å². The number of Topliss-reactive ketones (excluding diaryl/α,β-unsaturated/α-hetero) is 2. The summed E-state index contributed by atoms with van der Waals surface area (Å²) in [5.41, 5.74) is 1.92. The minimum Gasteiger partial charge on any atom is -0.309 e. The van der Waals surface area contributed by atoms with Crippen LogP contribution in [0.4, 0.5) is 5.69 Å². The molecule has 0 bridgehead atoms. The molecule has 0 atom stereocenters. The first kappa shape index (κ1) is 28.7. The first-order valence-corrected chi connectivity index (χ1v) is 14.3. The van der Waals surface area contributed by atoms with E-state index in [1.807, 2.05) is 49.3 Å². The number of nitrogens with zero attached hydrogens (tertiary/aromatic N) is 1. The first-order chi connectivity index (χ1) is 16.7. The van der Waals surface area contributed by atoms with Gasteiger partial charge in [-0.3, -0.25) is 14.3 Å². The zero-order valence-electron chi connectivity index (χ0n) is 21.4. The lowest BCUT2D eigenvalue weighted by Crippen LogP contribution is -2.21. The molecule has 0 unspecified atom stereocenters. The summed E-state index contributed by atoms with van der Waals surface area (Å²) in [6, 6.07) is 14.5. The van der Waals surface area contributed by atoms with Gasteiger partial charge in [-0.05, 0) is 63.2 Å². The van der Waals surface area contributed by atoms with Gasteiger partial charge in [0.15, 0.2) is 0 Å². The lowest BCUT2D eigenvalue weighted by Gasteiger charge is -2.14. The molecule has 0 saturated heterocycles. The topological polar surface area (TPSA) is 83.5 Å². The average Bonchev–Trinajstić information content (AvgIpc) is 2.84. The lowest BCUT2D eigenvalue weighted by atomic mass is 9.97. The SMILES string of the molecule is CCCCCCCCS(=O)(=O)Nc1ccc(-c2ccccc2)cc1C(=O)C(=O)CCCCN(C)C. The van der Waals surface area contributed by atoms with E-state index in [1.54, 1.807) is 18.2 Å². The summed E-state index contributed by atoms with van der Waals surface area (Å²) in [6.07, 6.45) is 7.42. The quantitative estimate of drug-likeness (QED) is 0.165. The van der Waals surface area contributed by atoms with Gasteiger partial charge < -0.3 is 4.90 Å². The summed E-state index contributed by atoms with van der Waals surface area (Å²) >= 11 is 0. The molecular formula is C28H40N2O4S. The Morgan fingerprint density at radius 2 is 1.51 bits per heavy atom. The van der Waals surface area contributed by atoms with Gasteiger partial charge in [0, 0.05) is 6.42 Å². The molecule has 2 aromatic rings. The minimum absolute atomic E-state index is 0.00826. The maximum Gasteiger partial charge on any atom is 0.232 e. The van der Waals surface area contributed by atoms with E-state index in [0.29, 0.717) is 12.8 Å². The molecule has 35 heavy (non-hydrogen) atoms. The molecule has 0 aliphatic heterocycles. The third-order valence-corrected chi connectivity index (χ3v) is 7.27. The van der Waals surface area contributed by atoms with Crippen LogP contribution in [-0.2, 0) is 14.8 Å². The van der Waals surface area contributed by atoms with Crippen molar-refractivity contribution in [3.05, 3.63) is 54.1 Å². The highest BCUT2D eigenvalue weighted by Gasteiger charge is 2.22. The largest absolute Gasteiger partial charge is 0.309 e. The van der Waals surface area contributed by atoms with Crippen LogP contribution in [0.2, 0.25) is 0 Å². The Morgan fingerprint density at radius 3 is 2.20 bits per heavy atom. The van der Waals surface area contributed by atoms with Crippen LogP contribution in [0.15, 0.2) is 48.5 Å². The second-order valence-corrected chi connectivity index (χ2v) is 11.2. The fourth-order valence-corrected chi connectivity index (χ4v) is 5.10. The minimum atomic E-state index is -3.64. The van der Waals surface area contributed by atoms with Gasteiger partial charge in [-0.15, -0.1) is 0 Å². The summed E-state index contributed by atoms with van der Waals surface area (Å²) in [5, 5.41) is 0. The molecule has 2 rings (SSSR count). The number of unbranched alkanes of at least 4 members (excludes halogenated alkanes) is 6. The van der Waals surface area contributed by atoms with E-state index in [2.05, 4.69) is 11.6 Å². The molecule has 0 fully saturated rings. The van der Waals surface area contributed by atoms with Crippen molar-refractivity contribution in [2.45, 2.75) is 64.7 Å². The van der Waals surface area contributed by atoms with Crippen LogP contribution in [-0.4, -0.2) is 51.3 Å². The second kappa shape index (κ2) is 14.8. The van der Waals surface area contributed by atoms with E-state index in [0.717, 1.165) is 56.2 Å². The fraction of sp³-hybridized carbons (Fsp3) is 0.500. The summed E-state index contributed by atoms with van der Waals surface area (Å²) in [4.78, 5) is 27.9. The number of hydrogen-bond acceptors (Lipinski definition) is 5. The van der Waals surface area contributed by atoms with Gasteiger partial charge in [0.25, 0.3) is 0 Å². The Balaban J connectivity index is 2.18. The Labute approximate surface area is 211 Å². The highest BCUT2D eigenvalue weighted by Crippen LogP contribution is 2.27. The van der Waals surface area contributed by atoms with Crippen molar-refractivity contribution in [3.8, 4) is 11.1 Å². The highest BCUT2D eigenvalue weighted by atomic mass is 32.2. The number of carbonyl (C=O) groups excluding carboxylic acids is 2. The molecule has 0 aliphatic carbocycles. The monoisotopic (exact) mass is 500 g/mol. The van der Waals surface area contributed by atoms with Crippen molar-refractivity contribution in [1.29, 1.82) is 0 Å². The van der Waals surface area contributed by atoms with Gasteiger partial charge in [-0.2, -0.15) is 0 Å². The zero-order valence-corrected chi connectivity index (χ0v) is 22.2. The Kier molecular flexibility index (Phi) is 12.1. The number of anilines is 1. The molecule has 0 aromatic heterocycles. The van der Waals surface area contributed by atoms with Crippen LogP contribution in [0, 0.1) is 0 Å². The number of nitrogens with one attached hydrogen (secondary N) is 1. The normalized spacial score (nSPS) is 11.5. The van der Waals surface area contributed by atoms with Crippen molar-refractivity contribution >= 4 is 27.3 Å². The summed E-state index contributed by atoms with van der Waals surface area (Å²) in [7, 11) is 0.292. The molecular weight excluding hydrogens is 460 g/mol. The van der Waals surface area contributed by atoms with Gasteiger partial charge in [0.1, 0.15) is 0 Å². The van der Waals surface area contributed by atoms with Crippen LogP contribution in [0.5, 0.6) is 0 Å². The van der Waals surface area contributed by atoms with Crippen molar-refractivity contribution < 1.29 is 18.0 Å². The molecule has 7 heteroatoms. The van der Waals surface area contributed by atoms with E-state index in [1.165, 1.54) is 0 Å². The fourth-order valence-electron chi connectivity index (χ4n) is 3.90. The highest BCUT2D eigenvalue weighted by molar-refractivity contribution is 7.92. The standard InChI is InChI=1S/C28H40N2O4S/c1-4-5-6-7-8-14-21-35(33,34)29-26-19-18-24(23-15-10-9-11-16-23)22-25(26)28(32)27(31)17-12-13-20-30(2)3/h9-11,15-16,18-19,22,29H,4-8,12-14,17,20-21H2,1-3H3. The Hall–Kier alpha value is -2.51. The Morgan fingerprint density at radius 1 is 0.829 bits per heavy atom. The van der Waals surface area contributed by atoms with Crippen LogP contribution >= 0.6 is 0 Å². The smallest absolute Gasteiger partial charge is 0.232 e. The van der Waals surface area contributed by atoms with E-state index in [9.17, 15) is 18.0 Å². The maximum atomic E-state index is 13.1. The predicted molar refractivity (Wildman–Crippen MR) is 144 cm³/mol. The third kappa shape index (κ3) is 10.3. The lowest BCUT2D eigenvalue weighted by molar-refractivity contribution is -0.115. The van der Waals surface area contributed by atoms with Gasteiger partial charge in [0.05, 0.1) is 17.0 Å². The molecule has 192 valence electrons. The molecule has 1 N–H and O–H groups in total. The van der Waals surface area contributed by atoms with Crippen LogP contribution < -0.4 is 4.72 Å². The van der Waals surface area contributed by atoms with E-state index >= 15 is 0 Å². The summed E-state index contributed by atoms with van der Waals surface area (Å²) < 4.78 is 28.1. The van der Waals surface area contributed by atoms with Gasteiger partial charge in [-0.25, -0.2) is 8.42 Å². The zero-order chi connectivity index (χ0) is 25.7. The molecule has 0 spiro atoms. The summed E-state index contributed by atoms with van der Waals surface area (Å²) in [5.74, 6) is -1.15. The van der Waals surface area contributed by atoms with E-state index in [4.69, 9.17) is 0 Å². The molecule has 0 aliphatic rings. The first-order valence-electron chi connectivity index (χ1n) is 12.7. The predicted octanol–water partition coefficient (Wildman–Crippen LogP) is 5.94. The molecule has 0 radical (unpaired) electrons.